The van der Waals surface area contributed by atoms with Crippen LogP contribution >= 0.6 is 0 Å². The zero-order chi connectivity index (χ0) is 17.5. The number of nitrogens with zero attached hydrogens (tertiary/aromatic N) is 2. The van der Waals surface area contributed by atoms with Gasteiger partial charge >= 0.3 is 0 Å². The van der Waals surface area contributed by atoms with E-state index in [9.17, 15) is 9.59 Å². The van der Waals surface area contributed by atoms with E-state index in [1.807, 2.05) is 24.8 Å². The summed E-state index contributed by atoms with van der Waals surface area (Å²) in [5.74, 6) is -0.0191. The van der Waals surface area contributed by atoms with E-state index in [0.717, 1.165) is 32.6 Å². The molecule has 1 aromatic carbocycles. The fraction of sp³-hybridized carbons (Fsp3) is 0.579. The molecule has 0 saturated carbocycles. The fourth-order valence-corrected chi connectivity index (χ4v) is 3.12. The number of benzene rings is 1. The van der Waals surface area contributed by atoms with Crippen LogP contribution in [0, 0.1) is 5.92 Å². The molecule has 1 saturated heterocycles. The summed E-state index contributed by atoms with van der Waals surface area (Å²) in [6.45, 7) is 9.66. The average molecular weight is 331 g/mol. The second-order valence-electron chi connectivity index (χ2n) is 6.86. The van der Waals surface area contributed by atoms with Gasteiger partial charge < -0.3 is 10.2 Å². The van der Waals surface area contributed by atoms with Gasteiger partial charge in [-0.3, -0.25) is 14.5 Å². The van der Waals surface area contributed by atoms with Crippen LogP contribution in [0.5, 0.6) is 0 Å². The Labute approximate surface area is 145 Å². The largest absolute Gasteiger partial charge is 0.344 e. The highest BCUT2D eigenvalue weighted by Crippen LogP contribution is 2.12. The summed E-state index contributed by atoms with van der Waals surface area (Å²) in [5, 5.41) is 2.80. The average Bonchev–Trinajstić information content (AvgIpc) is 2.78. The highest BCUT2D eigenvalue weighted by Gasteiger charge is 2.29. The minimum atomic E-state index is -0.428. The van der Waals surface area contributed by atoms with Gasteiger partial charge in [-0.05, 0) is 17.9 Å². The summed E-state index contributed by atoms with van der Waals surface area (Å²) in [6, 6.07) is 10.00. The molecular weight excluding hydrogens is 302 g/mol. The van der Waals surface area contributed by atoms with Crippen molar-refractivity contribution >= 4 is 11.8 Å². The van der Waals surface area contributed by atoms with E-state index in [0.29, 0.717) is 6.54 Å². The predicted octanol–water partition coefficient (Wildman–Crippen LogP) is 1.88. The molecule has 24 heavy (non-hydrogen) atoms. The third kappa shape index (κ3) is 5.34. The van der Waals surface area contributed by atoms with Gasteiger partial charge in [0, 0.05) is 39.6 Å². The molecule has 0 spiro atoms. The Morgan fingerprint density at radius 2 is 1.79 bits per heavy atom. The van der Waals surface area contributed by atoms with Crippen molar-refractivity contribution in [2.45, 2.75) is 39.8 Å². The third-order valence-electron chi connectivity index (χ3n) is 4.44. The van der Waals surface area contributed by atoms with Crippen LogP contribution < -0.4 is 5.32 Å². The Morgan fingerprint density at radius 3 is 2.42 bits per heavy atom. The van der Waals surface area contributed by atoms with Crippen LogP contribution in [0.4, 0.5) is 0 Å². The zero-order valence-electron chi connectivity index (χ0n) is 15.0. The van der Waals surface area contributed by atoms with Gasteiger partial charge in [0.2, 0.25) is 11.8 Å². The molecule has 2 rings (SSSR count). The molecule has 1 atom stereocenters. The van der Waals surface area contributed by atoms with Gasteiger partial charge in [0.15, 0.2) is 0 Å². The van der Waals surface area contributed by atoms with Crippen molar-refractivity contribution in [2.75, 3.05) is 26.2 Å². The van der Waals surface area contributed by atoms with Crippen LogP contribution in [0.3, 0.4) is 0 Å². The quantitative estimate of drug-likeness (QED) is 0.896. The molecule has 0 aliphatic carbocycles. The van der Waals surface area contributed by atoms with Crippen molar-refractivity contribution in [3.05, 3.63) is 35.9 Å². The summed E-state index contributed by atoms with van der Waals surface area (Å²) in [4.78, 5) is 28.5. The highest BCUT2D eigenvalue weighted by molar-refractivity contribution is 5.87. The van der Waals surface area contributed by atoms with E-state index < -0.39 is 6.04 Å². The van der Waals surface area contributed by atoms with Gasteiger partial charge in [0.05, 0.1) is 0 Å². The molecule has 0 radical (unpaired) electrons. The predicted molar refractivity (Wildman–Crippen MR) is 95.4 cm³/mol. The summed E-state index contributed by atoms with van der Waals surface area (Å²) >= 11 is 0. The fourth-order valence-electron chi connectivity index (χ4n) is 3.12. The van der Waals surface area contributed by atoms with E-state index in [1.165, 1.54) is 12.5 Å². The van der Waals surface area contributed by atoms with Crippen molar-refractivity contribution in [2.24, 2.45) is 5.92 Å². The first-order valence-electron chi connectivity index (χ1n) is 8.79. The lowest BCUT2D eigenvalue weighted by Crippen LogP contribution is -2.51. The van der Waals surface area contributed by atoms with Crippen LogP contribution in [-0.4, -0.2) is 53.8 Å². The van der Waals surface area contributed by atoms with Gasteiger partial charge in [-0.2, -0.15) is 0 Å². The number of amides is 2. The van der Waals surface area contributed by atoms with Crippen molar-refractivity contribution in [3.8, 4) is 0 Å². The van der Waals surface area contributed by atoms with Crippen molar-refractivity contribution in [1.29, 1.82) is 0 Å². The van der Waals surface area contributed by atoms with Crippen LogP contribution in [0.2, 0.25) is 0 Å². The first-order valence-corrected chi connectivity index (χ1v) is 8.79. The van der Waals surface area contributed by atoms with Gasteiger partial charge in [0.1, 0.15) is 6.04 Å². The molecule has 0 aromatic heterocycles. The van der Waals surface area contributed by atoms with Crippen molar-refractivity contribution in [1.82, 2.24) is 15.1 Å². The normalized spacial score (nSPS) is 17.4. The topological polar surface area (TPSA) is 52.7 Å². The van der Waals surface area contributed by atoms with E-state index >= 15 is 0 Å². The Kier molecular flexibility index (Phi) is 6.79. The van der Waals surface area contributed by atoms with Crippen LogP contribution in [-0.2, 0) is 16.1 Å². The highest BCUT2D eigenvalue weighted by atomic mass is 16.2. The Hall–Kier alpha value is -1.88. The Balaban J connectivity index is 1.94. The Morgan fingerprint density at radius 1 is 1.08 bits per heavy atom. The monoisotopic (exact) mass is 331 g/mol. The number of carbonyl (C=O) groups excluding carboxylic acids is 2. The molecule has 2 amide bonds. The molecule has 132 valence electrons. The van der Waals surface area contributed by atoms with Crippen molar-refractivity contribution in [3.63, 3.8) is 0 Å². The van der Waals surface area contributed by atoms with Gasteiger partial charge in [-0.25, -0.2) is 0 Å². The maximum Gasteiger partial charge on any atom is 0.245 e. The minimum absolute atomic E-state index is 0.0433. The lowest BCUT2D eigenvalue weighted by atomic mass is 10.0. The molecule has 1 N–H and O–H groups in total. The van der Waals surface area contributed by atoms with E-state index in [1.54, 1.807) is 0 Å². The second kappa shape index (κ2) is 8.83. The SMILES string of the molecule is CC(=O)NC(C(=O)N1CCCN(Cc2ccccc2)CC1)C(C)C. The Bertz CT molecular complexity index is 545. The summed E-state index contributed by atoms with van der Waals surface area (Å²) < 4.78 is 0. The van der Waals surface area contributed by atoms with Gasteiger partial charge in [0.25, 0.3) is 0 Å². The number of carbonyl (C=O) groups is 2. The molecule has 1 aromatic rings. The maximum atomic E-state index is 12.8. The van der Waals surface area contributed by atoms with Crippen molar-refractivity contribution < 1.29 is 9.59 Å². The lowest BCUT2D eigenvalue weighted by Gasteiger charge is -2.28. The molecule has 5 nitrogen and oxygen atoms in total. The first kappa shape index (κ1) is 18.5. The molecule has 5 heteroatoms. The van der Waals surface area contributed by atoms with E-state index in [4.69, 9.17) is 0 Å². The number of hydrogen-bond donors (Lipinski definition) is 1. The number of hydrogen-bond acceptors (Lipinski definition) is 3. The minimum Gasteiger partial charge on any atom is -0.344 e. The number of nitrogens with one attached hydrogen (secondary N) is 1. The zero-order valence-corrected chi connectivity index (χ0v) is 15.0. The van der Waals surface area contributed by atoms with E-state index in [2.05, 4.69) is 34.5 Å². The van der Waals surface area contributed by atoms with Gasteiger partial charge in [-0.1, -0.05) is 44.2 Å². The smallest absolute Gasteiger partial charge is 0.245 e. The van der Waals surface area contributed by atoms with E-state index in [-0.39, 0.29) is 17.7 Å². The lowest BCUT2D eigenvalue weighted by molar-refractivity contribution is -0.137. The molecule has 1 aliphatic rings. The molecular formula is C19H29N3O2. The van der Waals surface area contributed by atoms with Gasteiger partial charge in [-0.15, -0.1) is 0 Å². The second-order valence-corrected chi connectivity index (χ2v) is 6.86. The molecule has 0 bridgehead atoms. The summed E-state index contributed by atoms with van der Waals surface area (Å²) in [6.07, 6.45) is 0.962. The summed E-state index contributed by atoms with van der Waals surface area (Å²) in [7, 11) is 0. The molecule has 1 unspecified atom stereocenters. The summed E-state index contributed by atoms with van der Waals surface area (Å²) in [5.41, 5.74) is 1.30. The molecule has 1 fully saturated rings. The third-order valence-corrected chi connectivity index (χ3v) is 4.44. The van der Waals surface area contributed by atoms with Crippen LogP contribution in [0.1, 0.15) is 32.8 Å². The maximum absolute atomic E-state index is 12.8. The number of rotatable bonds is 5. The first-order chi connectivity index (χ1) is 11.5. The van der Waals surface area contributed by atoms with Crippen LogP contribution in [0.15, 0.2) is 30.3 Å². The standard InChI is InChI=1S/C19H29N3O2/c1-15(2)18(20-16(3)23)19(24)22-11-7-10-21(12-13-22)14-17-8-5-4-6-9-17/h4-6,8-9,15,18H,7,10-14H2,1-3H3,(H,20,23). The molecule has 1 aliphatic heterocycles. The molecule has 1 heterocycles. The van der Waals surface area contributed by atoms with Crippen LogP contribution in [0.25, 0.3) is 0 Å².